The van der Waals surface area contributed by atoms with Crippen LogP contribution in [0.2, 0.25) is 0 Å². The van der Waals surface area contributed by atoms with Crippen LogP contribution in [0.15, 0.2) is 12.7 Å². The Morgan fingerprint density at radius 2 is 2.42 bits per heavy atom. The van der Waals surface area contributed by atoms with Gasteiger partial charge in [-0.25, -0.2) is 0 Å². The highest BCUT2D eigenvalue weighted by atomic mass is 16.6. The van der Waals surface area contributed by atoms with E-state index in [9.17, 15) is 9.90 Å². The molecule has 0 aromatic rings. The van der Waals surface area contributed by atoms with Gasteiger partial charge in [-0.05, 0) is 13.8 Å². The molecule has 1 N–H and O–H groups in total. The minimum absolute atomic E-state index is 0.0239. The van der Waals surface area contributed by atoms with Crippen LogP contribution in [0.3, 0.4) is 0 Å². The molecular formula is C9H14O3. The molecule has 0 spiro atoms. The topological polar surface area (TPSA) is 49.8 Å². The molecule has 3 nitrogen and oxygen atoms in total. The number of Topliss-reactive ketones (excluding diaryl/α,β-unsaturated/α-hetero) is 1. The number of rotatable bonds is 4. The van der Waals surface area contributed by atoms with E-state index >= 15 is 0 Å². The zero-order chi connectivity index (χ0) is 9.35. The fourth-order valence-corrected chi connectivity index (χ4v) is 1.06. The van der Waals surface area contributed by atoms with Crippen LogP contribution in [0.25, 0.3) is 0 Å². The second-order valence-electron chi connectivity index (χ2n) is 3.41. The predicted octanol–water partition coefficient (Wildman–Crippen LogP) is 0.670. The van der Waals surface area contributed by atoms with Gasteiger partial charge in [-0.15, -0.1) is 6.58 Å². The number of carbonyl (C=O) groups excluding carboxylic acids is 1. The summed E-state index contributed by atoms with van der Waals surface area (Å²) >= 11 is 0. The normalized spacial score (nSPS) is 32.2. The summed E-state index contributed by atoms with van der Waals surface area (Å²) in [6.07, 6.45) is 2.04. The molecule has 68 valence electrons. The van der Waals surface area contributed by atoms with Gasteiger partial charge in [0.25, 0.3) is 0 Å². The van der Waals surface area contributed by atoms with Gasteiger partial charge in [-0.2, -0.15) is 0 Å². The molecule has 0 radical (unpaired) electrons. The van der Waals surface area contributed by atoms with Gasteiger partial charge in [-0.1, -0.05) is 6.08 Å². The van der Waals surface area contributed by atoms with E-state index in [4.69, 9.17) is 4.74 Å². The van der Waals surface area contributed by atoms with Crippen molar-refractivity contribution < 1.29 is 14.6 Å². The average Bonchev–Trinajstić information content (AvgIpc) is 2.66. The summed E-state index contributed by atoms with van der Waals surface area (Å²) < 4.78 is 5.12. The monoisotopic (exact) mass is 170 g/mol. The number of aliphatic hydroxyl groups is 1. The van der Waals surface area contributed by atoms with Gasteiger partial charge in [-0.3, -0.25) is 4.79 Å². The van der Waals surface area contributed by atoms with Crippen LogP contribution in [0.1, 0.15) is 20.3 Å². The van der Waals surface area contributed by atoms with Crippen molar-refractivity contribution in [3.05, 3.63) is 12.7 Å². The molecule has 3 heteroatoms. The molecule has 0 saturated carbocycles. The Bertz CT molecular complexity index is 208. The first-order valence-electron chi connectivity index (χ1n) is 3.99. The minimum atomic E-state index is -1.25. The number of carbonyl (C=O) groups is 1. The highest BCUT2D eigenvalue weighted by Gasteiger charge is 2.42. The van der Waals surface area contributed by atoms with Crippen molar-refractivity contribution in [3.8, 4) is 0 Å². The molecule has 3 unspecified atom stereocenters. The van der Waals surface area contributed by atoms with Crippen molar-refractivity contribution in [1.82, 2.24) is 0 Å². The highest BCUT2D eigenvalue weighted by molar-refractivity contribution is 5.84. The Labute approximate surface area is 72.0 Å². The Balaban J connectivity index is 2.41. The summed E-state index contributed by atoms with van der Waals surface area (Å²) in [5.41, 5.74) is -1.25. The van der Waals surface area contributed by atoms with Crippen molar-refractivity contribution in [1.29, 1.82) is 0 Å². The molecule has 1 aliphatic rings. The predicted molar refractivity (Wildman–Crippen MR) is 44.8 cm³/mol. The third-order valence-electron chi connectivity index (χ3n) is 2.21. The van der Waals surface area contributed by atoms with Crippen LogP contribution in [-0.4, -0.2) is 28.7 Å². The lowest BCUT2D eigenvalue weighted by atomic mass is 9.95. The van der Waals surface area contributed by atoms with Gasteiger partial charge in [0, 0.05) is 6.42 Å². The van der Waals surface area contributed by atoms with Crippen LogP contribution >= 0.6 is 0 Å². The van der Waals surface area contributed by atoms with Gasteiger partial charge in [0.2, 0.25) is 0 Å². The number of hydrogen-bond acceptors (Lipinski definition) is 3. The van der Waals surface area contributed by atoms with Crippen LogP contribution < -0.4 is 0 Å². The lowest BCUT2D eigenvalue weighted by Crippen LogP contribution is -2.34. The van der Waals surface area contributed by atoms with E-state index in [1.165, 1.54) is 13.8 Å². The molecule has 1 rings (SSSR count). The third-order valence-corrected chi connectivity index (χ3v) is 2.21. The van der Waals surface area contributed by atoms with Crippen LogP contribution in [0.5, 0.6) is 0 Å². The molecule has 1 aliphatic heterocycles. The zero-order valence-corrected chi connectivity index (χ0v) is 7.41. The smallest absolute Gasteiger partial charge is 0.161 e. The average molecular weight is 170 g/mol. The Kier molecular flexibility index (Phi) is 2.35. The van der Waals surface area contributed by atoms with E-state index in [2.05, 4.69) is 6.58 Å². The Morgan fingerprint density at radius 1 is 1.83 bits per heavy atom. The fourth-order valence-electron chi connectivity index (χ4n) is 1.06. The second-order valence-corrected chi connectivity index (χ2v) is 3.41. The Morgan fingerprint density at radius 3 is 2.75 bits per heavy atom. The molecule has 0 aromatic carbocycles. The van der Waals surface area contributed by atoms with E-state index in [1.54, 1.807) is 6.08 Å². The lowest BCUT2D eigenvalue weighted by Gasteiger charge is -2.17. The number of ketones is 1. The molecule has 1 heterocycles. The summed E-state index contributed by atoms with van der Waals surface area (Å²) in [5, 5.41) is 9.55. The maximum Gasteiger partial charge on any atom is 0.161 e. The molecule has 0 bridgehead atoms. The maximum absolute atomic E-state index is 10.9. The minimum Gasteiger partial charge on any atom is -0.382 e. The first kappa shape index (κ1) is 9.42. The largest absolute Gasteiger partial charge is 0.382 e. The summed E-state index contributed by atoms with van der Waals surface area (Å²) in [6, 6.07) is 0. The zero-order valence-electron chi connectivity index (χ0n) is 7.41. The van der Waals surface area contributed by atoms with Gasteiger partial charge in [0.1, 0.15) is 11.7 Å². The van der Waals surface area contributed by atoms with Crippen molar-refractivity contribution in [2.45, 2.75) is 38.1 Å². The molecule has 0 aliphatic carbocycles. The molecule has 12 heavy (non-hydrogen) atoms. The molecule has 1 saturated heterocycles. The second kappa shape index (κ2) is 2.99. The number of hydrogen-bond donors (Lipinski definition) is 1. The van der Waals surface area contributed by atoms with E-state index < -0.39 is 5.60 Å². The van der Waals surface area contributed by atoms with E-state index in [1.807, 2.05) is 0 Å². The summed E-state index contributed by atoms with van der Waals surface area (Å²) in [5.74, 6) is -0.221. The van der Waals surface area contributed by atoms with Crippen molar-refractivity contribution in [3.63, 3.8) is 0 Å². The summed E-state index contributed by atoms with van der Waals surface area (Å²) in [7, 11) is 0. The maximum atomic E-state index is 10.9. The number of ether oxygens (including phenoxy) is 1. The fraction of sp³-hybridized carbons (Fsp3) is 0.667. The first-order valence-corrected chi connectivity index (χ1v) is 3.99. The summed E-state index contributed by atoms with van der Waals surface area (Å²) in [4.78, 5) is 10.9. The van der Waals surface area contributed by atoms with Crippen LogP contribution in [0.4, 0.5) is 0 Å². The van der Waals surface area contributed by atoms with E-state index in [0.29, 0.717) is 6.42 Å². The standard InChI is InChI=1S/C9H14O3/c1-4-7-8(12-7)5-9(3,11)6(2)10/h4,7-8,11H,1,5H2,2-3H3. The lowest BCUT2D eigenvalue weighted by molar-refractivity contribution is -0.134. The van der Waals surface area contributed by atoms with E-state index in [0.717, 1.165) is 0 Å². The van der Waals surface area contributed by atoms with Gasteiger partial charge in [0.05, 0.1) is 6.10 Å². The van der Waals surface area contributed by atoms with Crippen molar-refractivity contribution >= 4 is 5.78 Å². The first-order chi connectivity index (χ1) is 5.47. The number of epoxide rings is 1. The quantitative estimate of drug-likeness (QED) is 0.498. The molecule has 3 atom stereocenters. The Hall–Kier alpha value is -0.670. The van der Waals surface area contributed by atoms with Crippen LogP contribution in [-0.2, 0) is 9.53 Å². The molecule has 1 fully saturated rings. The molecule has 0 aromatic heterocycles. The SMILES string of the molecule is C=CC1OC1CC(C)(O)C(C)=O. The van der Waals surface area contributed by atoms with E-state index in [-0.39, 0.29) is 18.0 Å². The van der Waals surface area contributed by atoms with Gasteiger partial charge >= 0.3 is 0 Å². The van der Waals surface area contributed by atoms with Crippen molar-refractivity contribution in [2.75, 3.05) is 0 Å². The van der Waals surface area contributed by atoms with Gasteiger partial charge < -0.3 is 9.84 Å². The highest BCUT2D eigenvalue weighted by Crippen LogP contribution is 2.31. The molecule has 0 amide bonds. The van der Waals surface area contributed by atoms with Gasteiger partial charge in [0.15, 0.2) is 5.78 Å². The third kappa shape index (κ3) is 1.93. The molecular weight excluding hydrogens is 156 g/mol. The van der Waals surface area contributed by atoms with Crippen molar-refractivity contribution in [2.24, 2.45) is 0 Å². The summed E-state index contributed by atoms with van der Waals surface area (Å²) in [6.45, 7) is 6.45. The van der Waals surface area contributed by atoms with Crippen LogP contribution in [0, 0.1) is 0 Å².